The number of rotatable bonds is 2. The molecule has 0 aromatic heterocycles. The quantitative estimate of drug-likeness (QED) is 0.619. The van der Waals surface area contributed by atoms with Crippen molar-refractivity contribution in [3.05, 3.63) is 80.9 Å². The van der Waals surface area contributed by atoms with Crippen molar-refractivity contribution in [1.29, 1.82) is 0 Å². The molecule has 0 saturated carbocycles. The molecule has 2 heterocycles. The summed E-state index contributed by atoms with van der Waals surface area (Å²) < 4.78 is 0. The summed E-state index contributed by atoms with van der Waals surface area (Å²) >= 11 is 0. The van der Waals surface area contributed by atoms with Crippen molar-refractivity contribution in [1.82, 2.24) is 4.90 Å². The summed E-state index contributed by atoms with van der Waals surface area (Å²) in [7, 11) is 0. The molecule has 2 aromatic carbocycles. The van der Waals surface area contributed by atoms with Crippen molar-refractivity contribution in [2.75, 3.05) is 13.1 Å². The first kappa shape index (κ1) is 15.0. The fourth-order valence-electron chi connectivity index (χ4n) is 3.89. The molecule has 1 aliphatic carbocycles. The summed E-state index contributed by atoms with van der Waals surface area (Å²) in [6.07, 6.45) is 1.95. The Morgan fingerprint density at radius 3 is 2.62 bits per heavy atom. The minimum absolute atomic E-state index is 0.0865. The highest BCUT2D eigenvalue weighted by atomic mass is 16.6. The topological polar surface area (TPSA) is 71.1 Å². The third-order valence-corrected chi connectivity index (χ3v) is 5.12. The first-order chi connectivity index (χ1) is 12.7. The maximum Gasteiger partial charge on any atom is 0.269 e. The number of non-ortho nitro benzene ring substituents is 1. The van der Waals surface area contributed by atoms with Crippen LogP contribution < -0.4 is 0 Å². The molecule has 0 atom stereocenters. The van der Waals surface area contributed by atoms with E-state index in [2.05, 4.69) is 23.1 Å². The Bertz CT molecular complexity index is 1020. The summed E-state index contributed by atoms with van der Waals surface area (Å²) in [6.45, 7) is 1.54. The molecule has 0 fully saturated rings. The molecule has 26 heavy (non-hydrogen) atoms. The van der Waals surface area contributed by atoms with Crippen LogP contribution in [-0.4, -0.2) is 34.6 Å². The summed E-state index contributed by atoms with van der Waals surface area (Å²) in [5.74, 6) is 1.84. The zero-order chi connectivity index (χ0) is 17.7. The average Bonchev–Trinajstić information content (AvgIpc) is 3.17. The van der Waals surface area contributed by atoms with Crippen LogP contribution in [0.15, 0.2) is 64.1 Å². The molecule has 2 aliphatic heterocycles. The van der Waals surface area contributed by atoms with Gasteiger partial charge in [0.25, 0.3) is 5.69 Å². The van der Waals surface area contributed by atoms with Gasteiger partial charge in [-0.05, 0) is 30.5 Å². The van der Waals surface area contributed by atoms with E-state index in [1.54, 1.807) is 12.1 Å². The molecule has 6 heteroatoms. The van der Waals surface area contributed by atoms with E-state index in [1.165, 1.54) is 28.8 Å². The summed E-state index contributed by atoms with van der Waals surface area (Å²) in [4.78, 5) is 22.4. The first-order valence-electron chi connectivity index (χ1n) is 8.70. The van der Waals surface area contributed by atoms with E-state index in [0.29, 0.717) is 0 Å². The van der Waals surface area contributed by atoms with Gasteiger partial charge in [0.2, 0.25) is 0 Å². The van der Waals surface area contributed by atoms with E-state index in [-0.39, 0.29) is 10.6 Å². The number of fused-ring (bicyclic) bond motifs is 4. The van der Waals surface area contributed by atoms with Crippen molar-refractivity contribution in [2.24, 2.45) is 9.98 Å². The minimum Gasteiger partial charge on any atom is -0.309 e. The highest BCUT2D eigenvalue weighted by Crippen LogP contribution is 2.38. The molecular weight excluding hydrogens is 328 g/mol. The van der Waals surface area contributed by atoms with Gasteiger partial charge in [0, 0.05) is 35.4 Å². The number of nitro benzene ring substituents is 1. The van der Waals surface area contributed by atoms with E-state index in [1.807, 2.05) is 6.07 Å². The van der Waals surface area contributed by atoms with E-state index in [9.17, 15) is 10.1 Å². The molecule has 2 aromatic rings. The Morgan fingerprint density at radius 1 is 1.00 bits per heavy atom. The van der Waals surface area contributed by atoms with Crippen LogP contribution in [0.3, 0.4) is 0 Å². The lowest BCUT2D eigenvalue weighted by atomic mass is 9.87. The van der Waals surface area contributed by atoms with E-state index < -0.39 is 0 Å². The molecule has 0 N–H and O–H groups in total. The average molecular weight is 344 g/mol. The minimum atomic E-state index is -0.382. The van der Waals surface area contributed by atoms with Crippen LogP contribution >= 0.6 is 0 Å². The molecular formula is C20H16N4O2. The van der Waals surface area contributed by atoms with Crippen molar-refractivity contribution in [3.8, 4) is 0 Å². The van der Waals surface area contributed by atoms with E-state index >= 15 is 0 Å². The van der Waals surface area contributed by atoms with Gasteiger partial charge in [-0.25, -0.2) is 4.99 Å². The molecule has 6 nitrogen and oxygen atoms in total. The Balaban J connectivity index is 1.66. The Kier molecular flexibility index (Phi) is 3.25. The molecule has 0 radical (unpaired) electrons. The van der Waals surface area contributed by atoms with Crippen molar-refractivity contribution in [3.63, 3.8) is 0 Å². The number of aliphatic imine (C=N–C) groups is 2. The van der Waals surface area contributed by atoms with Crippen LogP contribution in [-0.2, 0) is 6.42 Å². The van der Waals surface area contributed by atoms with Gasteiger partial charge >= 0.3 is 0 Å². The van der Waals surface area contributed by atoms with Gasteiger partial charge in [0.1, 0.15) is 11.7 Å². The molecule has 0 saturated heterocycles. The summed E-state index contributed by atoms with van der Waals surface area (Å²) in [6, 6.07) is 15.0. The van der Waals surface area contributed by atoms with E-state index in [0.717, 1.165) is 48.9 Å². The highest BCUT2D eigenvalue weighted by molar-refractivity contribution is 6.22. The maximum absolute atomic E-state index is 10.9. The lowest BCUT2D eigenvalue weighted by Gasteiger charge is -2.32. The molecule has 128 valence electrons. The van der Waals surface area contributed by atoms with Gasteiger partial charge in [-0.3, -0.25) is 15.1 Å². The third-order valence-electron chi connectivity index (χ3n) is 5.12. The van der Waals surface area contributed by atoms with E-state index in [4.69, 9.17) is 9.98 Å². The highest BCUT2D eigenvalue weighted by Gasteiger charge is 2.34. The van der Waals surface area contributed by atoms with Crippen LogP contribution in [0.4, 0.5) is 5.69 Å². The molecule has 0 unspecified atom stereocenters. The molecule has 5 rings (SSSR count). The largest absolute Gasteiger partial charge is 0.309 e. The Morgan fingerprint density at radius 2 is 1.81 bits per heavy atom. The fourth-order valence-corrected chi connectivity index (χ4v) is 3.89. The number of hydrogen-bond donors (Lipinski definition) is 0. The van der Waals surface area contributed by atoms with Gasteiger partial charge in [-0.1, -0.05) is 24.3 Å². The number of amidine groups is 2. The smallest absolute Gasteiger partial charge is 0.269 e. The molecule has 0 spiro atoms. The van der Waals surface area contributed by atoms with Crippen LogP contribution in [0.1, 0.15) is 23.1 Å². The Labute approximate surface area is 150 Å². The lowest BCUT2D eigenvalue weighted by molar-refractivity contribution is -0.384. The van der Waals surface area contributed by atoms with Gasteiger partial charge < -0.3 is 4.90 Å². The van der Waals surface area contributed by atoms with Gasteiger partial charge in [-0.15, -0.1) is 0 Å². The van der Waals surface area contributed by atoms with Crippen molar-refractivity contribution < 1.29 is 4.92 Å². The maximum atomic E-state index is 10.9. The van der Waals surface area contributed by atoms with Gasteiger partial charge in [-0.2, -0.15) is 0 Å². The normalized spacial score (nSPS) is 17.9. The lowest BCUT2D eigenvalue weighted by Crippen LogP contribution is -2.39. The monoisotopic (exact) mass is 344 g/mol. The second-order valence-electron chi connectivity index (χ2n) is 6.58. The zero-order valence-corrected chi connectivity index (χ0v) is 14.1. The first-order valence-corrected chi connectivity index (χ1v) is 8.70. The van der Waals surface area contributed by atoms with Crippen molar-refractivity contribution >= 4 is 23.1 Å². The number of benzene rings is 2. The number of hydrogen-bond acceptors (Lipinski definition) is 5. The zero-order valence-electron chi connectivity index (χ0n) is 14.1. The number of nitrogens with zero attached hydrogens (tertiary/aromatic N) is 4. The van der Waals surface area contributed by atoms with Crippen LogP contribution in [0.25, 0.3) is 5.70 Å². The van der Waals surface area contributed by atoms with Crippen LogP contribution in [0.5, 0.6) is 0 Å². The summed E-state index contributed by atoms with van der Waals surface area (Å²) in [5.41, 5.74) is 5.65. The summed E-state index contributed by atoms with van der Waals surface area (Å²) in [5, 5.41) is 10.9. The predicted molar refractivity (Wildman–Crippen MR) is 100 cm³/mol. The van der Waals surface area contributed by atoms with Crippen LogP contribution in [0, 0.1) is 10.1 Å². The Hall–Kier alpha value is -3.28. The number of aryl methyl sites for hydroxylation is 1. The van der Waals surface area contributed by atoms with Crippen LogP contribution in [0.2, 0.25) is 0 Å². The number of nitro groups is 1. The molecule has 0 amide bonds. The standard InChI is InChI=1S/C20H16N4O2/c25-24(26)15-8-5-14(6-9-15)19-22-18-16-4-2-1-3-13(16)7-10-17(18)20-21-11-12-23(19)20/h1-6,8-9H,7,10-12H2. The van der Waals surface area contributed by atoms with Gasteiger partial charge in [0.05, 0.1) is 17.2 Å². The fraction of sp³-hybridized carbons (Fsp3) is 0.200. The second kappa shape index (κ2) is 5.62. The second-order valence-corrected chi connectivity index (χ2v) is 6.58. The predicted octanol–water partition coefficient (Wildman–Crippen LogP) is 3.43. The molecule has 0 bridgehead atoms. The van der Waals surface area contributed by atoms with Crippen molar-refractivity contribution in [2.45, 2.75) is 12.8 Å². The SMILES string of the molecule is O=[N+]([O-])c1ccc(C2=NC3=C(CCc4ccccc43)C3=NCCN32)cc1. The van der Waals surface area contributed by atoms with Gasteiger partial charge in [0.15, 0.2) is 0 Å². The molecule has 3 aliphatic rings. The third kappa shape index (κ3) is 2.19.